The molecular formula is C23H18BrN. The van der Waals surface area contributed by atoms with Gasteiger partial charge in [-0.15, -0.1) is 0 Å². The molecule has 0 atom stereocenters. The maximum Gasteiger partial charge on any atom is 0.0540 e. The summed E-state index contributed by atoms with van der Waals surface area (Å²) in [5.74, 6) is 0. The molecule has 0 bridgehead atoms. The fourth-order valence-electron chi connectivity index (χ4n) is 3.11. The molecule has 1 nitrogen and oxygen atoms in total. The van der Waals surface area contributed by atoms with Gasteiger partial charge in [0.25, 0.3) is 0 Å². The first kappa shape index (κ1) is 15.9. The molecule has 0 radical (unpaired) electrons. The van der Waals surface area contributed by atoms with Crippen LogP contribution in [0.5, 0.6) is 0 Å². The summed E-state index contributed by atoms with van der Waals surface area (Å²) in [4.78, 5) is 2.31. The first-order valence-corrected chi connectivity index (χ1v) is 9.12. The molecule has 4 aromatic rings. The van der Waals surface area contributed by atoms with Crippen LogP contribution in [0.25, 0.3) is 10.8 Å². The van der Waals surface area contributed by atoms with Crippen molar-refractivity contribution < 1.29 is 0 Å². The fourth-order valence-corrected chi connectivity index (χ4v) is 3.38. The number of halogens is 1. The van der Waals surface area contributed by atoms with Crippen molar-refractivity contribution in [3.05, 3.63) is 101 Å². The first-order valence-electron chi connectivity index (χ1n) is 8.32. The molecule has 0 unspecified atom stereocenters. The van der Waals surface area contributed by atoms with Crippen LogP contribution in [-0.2, 0) is 0 Å². The van der Waals surface area contributed by atoms with Crippen molar-refractivity contribution in [2.45, 2.75) is 6.92 Å². The summed E-state index contributed by atoms with van der Waals surface area (Å²) in [5, 5.41) is 2.49. The van der Waals surface area contributed by atoms with E-state index < -0.39 is 0 Å². The van der Waals surface area contributed by atoms with E-state index in [1.165, 1.54) is 22.0 Å². The molecule has 0 fully saturated rings. The Balaban J connectivity index is 1.96. The van der Waals surface area contributed by atoms with Crippen LogP contribution in [0.1, 0.15) is 5.56 Å². The average molecular weight is 388 g/mol. The first-order chi connectivity index (χ1) is 12.2. The van der Waals surface area contributed by atoms with Crippen LogP contribution >= 0.6 is 15.9 Å². The van der Waals surface area contributed by atoms with E-state index in [0.717, 1.165) is 15.8 Å². The van der Waals surface area contributed by atoms with Crippen LogP contribution in [0.15, 0.2) is 95.5 Å². The molecule has 0 N–H and O–H groups in total. The molecule has 0 amide bonds. The number of aryl methyl sites for hydroxylation is 1. The van der Waals surface area contributed by atoms with E-state index in [4.69, 9.17) is 0 Å². The van der Waals surface area contributed by atoms with E-state index in [2.05, 4.69) is 119 Å². The standard InChI is InChI=1S/C23H18BrN/c1-17-9-13-20(14-10-17)25(21-15-11-19(24)12-16-21)23-8-4-6-18-5-2-3-7-22(18)23/h2-16H,1H3. The average Bonchev–Trinajstić information content (AvgIpc) is 2.65. The molecule has 2 heteroatoms. The highest BCUT2D eigenvalue weighted by atomic mass is 79.9. The van der Waals surface area contributed by atoms with Gasteiger partial charge < -0.3 is 4.90 Å². The lowest BCUT2D eigenvalue weighted by molar-refractivity contribution is 1.29. The SMILES string of the molecule is Cc1ccc(N(c2ccc(Br)cc2)c2cccc3ccccc23)cc1. The van der Waals surface area contributed by atoms with Crippen molar-refractivity contribution in [3.63, 3.8) is 0 Å². The van der Waals surface area contributed by atoms with E-state index in [1.807, 2.05) is 0 Å². The molecular weight excluding hydrogens is 370 g/mol. The van der Waals surface area contributed by atoms with Crippen LogP contribution in [0.3, 0.4) is 0 Å². The smallest absolute Gasteiger partial charge is 0.0540 e. The Kier molecular flexibility index (Phi) is 4.29. The number of anilines is 3. The van der Waals surface area contributed by atoms with E-state index in [1.54, 1.807) is 0 Å². The third-order valence-electron chi connectivity index (χ3n) is 4.38. The highest BCUT2D eigenvalue weighted by Crippen LogP contribution is 2.38. The molecule has 0 aliphatic heterocycles. The minimum atomic E-state index is 1.08. The van der Waals surface area contributed by atoms with Crippen molar-refractivity contribution in [1.82, 2.24) is 0 Å². The zero-order valence-electron chi connectivity index (χ0n) is 14.0. The molecule has 122 valence electrons. The molecule has 25 heavy (non-hydrogen) atoms. The van der Waals surface area contributed by atoms with Gasteiger partial charge in [-0.2, -0.15) is 0 Å². The van der Waals surface area contributed by atoms with E-state index in [0.29, 0.717) is 0 Å². The summed E-state index contributed by atoms with van der Waals surface area (Å²) in [6.07, 6.45) is 0. The lowest BCUT2D eigenvalue weighted by atomic mass is 10.1. The largest absolute Gasteiger partial charge is 0.310 e. The van der Waals surface area contributed by atoms with Gasteiger partial charge in [-0.05, 0) is 54.8 Å². The normalized spacial score (nSPS) is 10.8. The Morgan fingerprint density at radius 3 is 1.96 bits per heavy atom. The molecule has 0 aromatic heterocycles. The maximum atomic E-state index is 3.54. The van der Waals surface area contributed by atoms with Crippen LogP contribution in [0.4, 0.5) is 17.1 Å². The Labute approximate surface area is 156 Å². The Morgan fingerprint density at radius 2 is 1.24 bits per heavy atom. The van der Waals surface area contributed by atoms with Gasteiger partial charge in [0, 0.05) is 21.2 Å². The van der Waals surface area contributed by atoms with Gasteiger partial charge in [0.2, 0.25) is 0 Å². The molecule has 4 aromatic carbocycles. The van der Waals surface area contributed by atoms with Crippen LogP contribution < -0.4 is 4.90 Å². The van der Waals surface area contributed by atoms with Gasteiger partial charge in [0.1, 0.15) is 0 Å². The van der Waals surface area contributed by atoms with E-state index in [9.17, 15) is 0 Å². The predicted molar refractivity (Wildman–Crippen MR) is 111 cm³/mol. The van der Waals surface area contributed by atoms with E-state index in [-0.39, 0.29) is 0 Å². The Bertz CT molecular complexity index is 953. The molecule has 0 heterocycles. The molecule has 0 saturated heterocycles. The van der Waals surface area contributed by atoms with Crippen LogP contribution in [-0.4, -0.2) is 0 Å². The molecule has 0 saturated carbocycles. The maximum absolute atomic E-state index is 3.54. The van der Waals surface area contributed by atoms with Crippen LogP contribution in [0, 0.1) is 6.92 Å². The third kappa shape index (κ3) is 3.18. The number of rotatable bonds is 3. The quantitative estimate of drug-likeness (QED) is 0.354. The fraction of sp³-hybridized carbons (Fsp3) is 0.0435. The molecule has 0 aliphatic rings. The van der Waals surface area contributed by atoms with Crippen molar-refractivity contribution in [2.24, 2.45) is 0 Å². The number of hydrogen-bond donors (Lipinski definition) is 0. The second kappa shape index (κ2) is 6.73. The van der Waals surface area contributed by atoms with Gasteiger partial charge in [-0.25, -0.2) is 0 Å². The van der Waals surface area contributed by atoms with E-state index >= 15 is 0 Å². The monoisotopic (exact) mass is 387 g/mol. The highest BCUT2D eigenvalue weighted by Gasteiger charge is 2.14. The Morgan fingerprint density at radius 1 is 0.640 bits per heavy atom. The van der Waals surface area contributed by atoms with Gasteiger partial charge in [0.15, 0.2) is 0 Å². The van der Waals surface area contributed by atoms with Crippen molar-refractivity contribution in [1.29, 1.82) is 0 Å². The minimum Gasteiger partial charge on any atom is -0.310 e. The number of hydrogen-bond acceptors (Lipinski definition) is 1. The summed E-state index contributed by atoms with van der Waals surface area (Å²) >= 11 is 3.54. The van der Waals surface area contributed by atoms with Crippen molar-refractivity contribution >= 4 is 43.8 Å². The second-order valence-corrected chi connectivity index (χ2v) is 7.06. The van der Waals surface area contributed by atoms with Crippen LogP contribution in [0.2, 0.25) is 0 Å². The number of benzene rings is 4. The lowest BCUT2D eigenvalue weighted by Gasteiger charge is -2.27. The Hall–Kier alpha value is -2.58. The van der Waals surface area contributed by atoms with Gasteiger partial charge in [-0.3, -0.25) is 0 Å². The summed E-state index contributed by atoms with van der Waals surface area (Å²) in [7, 11) is 0. The second-order valence-electron chi connectivity index (χ2n) is 6.15. The van der Waals surface area contributed by atoms with Gasteiger partial charge >= 0.3 is 0 Å². The summed E-state index contributed by atoms with van der Waals surface area (Å²) in [6, 6.07) is 32.1. The van der Waals surface area contributed by atoms with Gasteiger partial charge in [0.05, 0.1) is 5.69 Å². The summed E-state index contributed by atoms with van der Waals surface area (Å²) < 4.78 is 1.08. The summed E-state index contributed by atoms with van der Waals surface area (Å²) in [6.45, 7) is 2.12. The molecule has 0 aliphatic carbocycles. The van der Waals surface area contributed by atoms with Crippen molar-refractivity contribution in [2.75, 3.05) is 4.90 Å². The molecule has 0 spiro atoms. The predicted octanol–water partition coefficient (Wildman–Crippen LogP) is 7.38. The number of fused-ring (bicyclic) bond motifs is 1. The highest BCUT2D eigenvalue weighted by molar-refractivity contribution is 9.10. The summed E-state index contributed by atoms with van der Waals surface area (Å²) in [5.41, 5.74) is 4.74. The third-order valence-corrected chi connectivity index (χ3v) is 4.91. The van der Waals surface area contributed by atoms with Gasteiger partial charge in [-0.1, -0.05) is 70.0 Å². The molecule has 4 rings (SSSR count). The zero-order valence-corrected chi connectivity index (χ0v) is 15.6. The number of nitrogens with zero attached hydrogens (tertiary/aromatic N) is 1. The minimum absolute atomic E-state index is 1.08. The topological polar surface area (TPSA) is 3.24 Å². The zero-order chi connectivity index (χ0) is 17.2. The lowest BCUT2D eigenvalue weighted by Crippen LogP contribution is -2.10. The van der Waals surface area contributed by atoms with Crippen molar-refractivity contribution in [3.8, 4) is 0 Å².